The lowest BCUT2D eigenvalue weighted by Crippen LogP contribution is -2.39. The van der Waals surface area contributed by atoms with Gasteiger partial charge in [-0.15, -0.1) is 0 Å². The lowest BCUT2D eigenvalue weighted by Gasteiger charge is -2.23. The summed E-state index contributed by atoms with van der Waals surface area (Å²) >= 11 is 6.19. The number of fused-ring (bicyclic) bond motifs is 1. The summed E-state index contributed by atoms with van der Waals surface area (Å²) in [7, 11) is 2.74. The SMILES string of the molecule is COC(=O)C1=NN(c2ccc(OC)cc2)[C@@H]2C(=O)N(c3cccc(Cl)c3C)C(=O)[C@@H]12. The molecule has 2 amide bonds. The van der Waals surface area contributed by atoms with Gasteiger partial charge < -0.3 is 9.47 Å². The number of carbonyl (C=O) groups is 3. The Bertz CT molecular complexity index is 1080. The summed E-state index contributed by atoms with van der Waals surface area (Å²) in [5.41, 5.74) is 1.40. The molecule has 0 spiro atoms. The van der Waals surface area contributed by atoms with Crippen LogP contribution in [0.4, 0.5) is 11.4 Å². The normalized spacial score (nSPS) is 20.3. The smallest absolute Gasteiger partial charge is 0.355 e. The van der Waals surface area contributed by atoms with E-state index in [0.717, 1.165) is 4.90 Å². The molecule has 2 heterocycles. The molecule has 2 aliphatic rings. The fourth-order valence-electron chi connectivity index (χ4n) is 3.71. The number of carbonyl (C=O) groups excluding carboxylic acids is 3. The maximum atomic E-state index is 13.4. The second kappa shape index (κ2) is 7.46. The average Bonchev–Trinajstić information content (AvgIpc) is 3.27. The quantitative estimate of drug-likeness (QED) is 0.550. The first-order valence-corrected chi connectivity index (χ1v) is 9.50. The highest BCUT2D eigenvalue weighted by atomic mass is 35.5. The molecule has 9 heteroatoms. The number of ether oxygens (including phenoxy) is 2. The van der Waals surface area contributed by atoms with Crippen LogP contribution in [0.3, 0.4) is 0 Å². The van der Waals surface area contributed by atoms with Gasteiger partial charge in [0.15, 0.2) is 5.71 Å². The Balaban J connectivity index is 1.81. The van der Waals surface area contributed by atoms with E-state index in [2.05, 4.69) is 5.10 Å². The minimum absolute atomic E-state index is 0.112. The molecule has 4 rings (SSSR count). The topological polar surface area (TPSA) is 88.5 Å². The molecular formula is C21H18ClN3O5. The first-order valence-electron chi connectivity index (χ1n) is 9.12. The Hall–Kier alpha value is -3.39. The van der Waals surface area contributed by atoms with Crippen LogP contribution in [0, 0.1) is 12.8 Å². The van der Waals surface area contributed by atoms with Crippen LogP contribution in [0.15, 0.2) is 47.6 Å². The molecule has 0 saturated carbocycles. The van der Waals surface area contributed by atoms with Gasteiger partial charge in [0.25, 0.3) is 5.91 Å². The molecule has 8 nitrogen and oxygen atoms in total. The first-order chi connectivity index (χ1) is 14.4. The molecule has 1 saturated heterocycles. The Morgan fingerprint density at radius 3 is 2.40 bits per heavy atom. The number of amides is 2. The molecule has 30 heavy (non-hydrogen) atoms. The highest BCUT2D eigenvalue weighted by Gasteiger charge is 2.59. The Labute approximate surface area is 177 Å². The predicted octanol–water partition coefficient (Wildman–Crippen LogP) is 2.56. The van der Waals surface area contributed by atoms with E-state index < -0.39 is 29.7 Å². The number of methoxy groups -OCH3 is 2. The molecule has 1 fully saturated rings. The molecule has 0 N–H and O–H groups in total. The lowest BCUT2D eigenvalue weighted by molar-refractivity contribution is -0.133. The summed E-state index contributed by atoms with van der Waals surface area (Å²) in [5.74, 6) is -2.25. The summed E-state index contributed by atoms with van der Waals surface area (Å²) in [4.78, 5) is 40.1. The largest absolute Gasteiger partial charge is 0.497 e. The van der Waals surface area contributed by atoms with Crippen LogP contribution < -0.4 is 14.6 Å². The van der Waals surface area contributed by atoms with Gasteiger partial charge in [0.1, 0.15) is 17.7 Å². The average molecular weight is 428 g/mol. The maximum absolute atomic E-state index is 13.4. The second-order valence-corrected chi connectivity index (χ2v) is 7.24. The van der Waals surface area contributed by atoms with E-state index in [0.29, 0.717) is 27.7 Å². The van der Waals surface area contributed by atoms with Crippen molar-refractivity contribution in [2.24, 2.45) is 11.0 Å². The molecule has 2 aliphatic heterocycles. The van der Waals surface area contributed by atoms with Crippen LogP contribution in [0.5, 0.6) is 5.75 Å². The number of imide groups is 1. The van der Waals surface area contributed by atoms with Crippen LogP contribution in [0.1, 0.15) is 5.56 Å². The number of esters is 1. The van der Waals surface area contributed by atoms with Gasteiger partial charge in [0, 0.05) is 5.02 Å². The second-order valence-electron chi connectivity index (χ2n) is 6.84. The number of rotatable bonds is 4. The zero-order valence-corrected chi connectivity index (χ0v) is 17.2. The van der Waals surface area contributed by atoms with Crippen molar-refractivity contribution in [2.75, 3.05) is 24.1 Å². The Kier molecular flexibility index (Phi) is 4.95. The number of hydrogen-bond donors (Lipinski definition) is 0. The summed E-state index contributed by atoms with van der Waals surface area (Å²) in [6, 6.07) is 10.8. The molecule has 2 atom stereocenters. The van der Waals surface area contributed by atoms with Gasteiger partial charge in [-0.3, -0.25) is 14.6 Å². The van der Waals surface area contributed by atoms with Gasteiger partial charge in [-0.1, -0.05) is 17.7 Å². The lowest BCUT2D eigenvalue weighted by atomic mass is 9.98. The van der Waals surface area contributed by atoms with Crippen molar-refractivity contribution in [1.29, 1.82) is 0 Å². The van der Waals surface area contributed by atoms with E-state index in [1.54, 1.807) is 56.5 Å². The minimum atomic E-state index is -1.08. The zero-order chi connectivity index (χ0) is 21.6. The minimum Gasteiger partial charge on any atom is -0.497 e. The number of hydrazone groups is 1. The van der Waals surface area contributed by atoms with Crippen molar-refractivity contribution in [1.82, 2.24) is 0 Å². The van der Waals surface area contributed by atoms with Crippen molar-refractivity contribution in [3.05, 3.63) is 53.1 Å². The molecule has 0 unspecified atom stereocenters. The molecule has 2 aromatic carbocycles. The van der Waals surface area contributed by atoms with E-state index >= 15 is 0 Å². The van der Waals surface area contributed by atoms with Crippen LogP contribution >= 0.6 is 11.6 Å². The van der Waals surface area contributed by atoms with E-state index in [1.165, 1.54) is 12.1 Å². The van der Waals surface area contributed by atoms with Crippen molar-refractivity contribution >= 4 is 46.5 Å². The summed E-state index contributed by atoms with van der Waals surface area (Å²) in [6.45, 7) is 1.73. The van der Waals surface area contributed by atoms with Crippen LogP contribution in [0.25, 0.3) is 0 Å². The molecule has 0 aromatic heterocycles. The van der Waals surface area contributed by atoms with Gasteiger partial charge in [0.05, 0.1) is 25.6 Å². The van der Waals surface area contributed by atoms with E-state index in [9.17, 15) is 14.4 Å². The molecule has 0 radical (unpaired) electrons. The van der Waals surface area contributed by atoms with Gasteiger partial charge in [-0.05, 0) is 48.9 Å². The first kappa shape index (κ1) is 19.9. The third kappa shape index (κ3) is 2.91. The highest BCUT2D eigenvalue weighted by molar-refractivity contribution is 6.47. The van der Waals surface area contributed by atoms with Gasteiger partial charge in [-0.2, -0.15) is 5.10 Å². The van der Waals surface area contributed by atoms with Gasteiger partial charge >= 0.3 is 5.97 Å². The summed E-state index contributed by atoms with van der Waals surface area (Å²) < 4.78 is 9.97. The standard InChI is InChI=1S/C21H18ClN3O5/c1-11-14(22)5-4-6-15(11)24-19(26)16-17(21(28)30-3)23-25(18(16)20(24)27)12-7-9-13(29-2)10-8-12/h4-10,16,18H,1-3H3/t16-,18-/m0/s1. The van der Waals surface area contributed by atoms with Crippen LogP contribution in [-0.4, -0.2) is 43.8 Å². The maximum Gasteiger partial charge on any atom is 0.355 e. The van der Waals surface area contributed by atoms with Crippen LogP contribution in [0.2, 0.25) is 5.02 Å². The van der Waals surface area contributed by atoms with Crippen molar-refractivity contribution < 1.29 is 23.9 Å². The zero-order valence-electron chi connectivity index (χ0n) is 16.5. The van der Waals surface area contributed by atoms with E-state index in [4.69, 9.17) is 21.1 Å². The van der Waals surface area contributed by atoms with Crippen LogP contribution in [-0.2, 0) is 19.1 Å². The highest BCUT2D eigenvalue weighted by Crippen LogP contribution is 2.40. The Morgan fingerprint density at radius 1 is 1.07 bits per heavy atom. The number of nitrogens with zero attached hydrogens (tertiary/aromatic N) is 3. The van der Waals surface area contributed by atoms with Gasteiger partial charge in [0.2, 0.25) is 5.91 Å². The van der Waals surface area contributed by atoms with Gasteiger partial charge in [-0.25, -0.2) is 9.69 Å². The summed E-state index contributed by atoms with van der Waals surface area (Å²) in [5, 5.41) is 6.09. The molecule has 2 aromatic rings. The fourth-order valence-corrected chi connectivity index (χ4v) is 3.88. The molecule has 154 valence electrons. The van der Waals surface area contributed by atoms with E-state index in [-0.39, 0.29) is 5.71 Å². The van der Waals surface area contributed by atoms with Crippen molar-refractivity contribution in [2.45, 2.75) is 13.0 Å². The van der Waals surface area contributed by atoms with Crippen molar-refractivity contribution in [3.8, 4) is 5.75 Å². The third-order valence-electron chi connectivity index (χ3n) is 5.26. The predicted molar refractivity (Wildman–Crippen MR) is 111 cm³/mol. The number of hydrogen-bond acceptors (Lipinski definition) is 7. The number of benzene rings is 2. The molecule has 0 bridgehead atoms. The van der Waals surface area contributed by atoms with E-state index in [1.807, 2.05) is 0 Å². The number of anilines is 2. The fraction of sp³-hybridized carbons (Fsp3) is 0.238. The van der Waals surface area contributed by atoms with Crippen molar-refractivity contribution in [3.63, 3.8) is 0 Å². The summed E-state index contributed by atoms with van der Waals surface area (Å²) in [6.07, 6.45) is 0. The third-order valence-corrected chi connectivity index (χ3v) is 5.67. The number of halogens is 1. The molecule has 0 aliphatic carbocycles. The Morgan fingerprint density at radius 2 is 1.77 bits per heavy atom. The molecular weight excluding hydrogens is 410 g/mol. The monoisotopic (exact) mass is 427 g/mol.